The van der Waals surface area contributed by atoms with E-state index >= 15 is 0 Å². The van der Waals surface area contributed by atoms with Crippen LogP contribution in [0.25, 0.3) is 0 Å². The molecule has 0 atom stereocenters. The molecule has 0 saturated carbocycles. The van der Waals surface area contributed by atoms with Gasteiger partial charge in [-0.25, -0.2) is 5.01 Å². The van der Waals surface area contributed by atoms with Crippen molar-refractivity contribution in [2.24, 2.45) is 0 Å². The number of non-ortho nitro benzene ring substituents is 1. The average Bonchev–Trinajstić information content (AvgIpc) is 2.42. The minimum atomic E-state index is -0.455. The highest BCUT2D eigenvalue weighted by Crippen LogP contribution is 2.22. The predicted octanol–water partition coefficient (Wildman–Crippen LogP) is 1.04. The molecule has 0 spiro atoms. The molecule has 0 amide bonds. The van der Waals surface area contributed by atoms with E-state index in [1.807, 2.05) is 11.9 Å². The van der Waals surface area contributed by atoms with Crippen LogP contribution in [0.5, 0.6) is 0 Å². The third kappa shape index (κ3) is 4.93. The van der Waals surface area contributed by atoms with E-state index in [4.69, 9.17) is 10.2 Å². The molecule has 8 heteroatoms. The molecule has 2 N–H and O–H groups in total. The molecular formula is C12H20ClN3O4. The van der Waals surface area contributed by atoms with Gasteiger partial charge < -0.3 is 15.2 Å². The Bertz CT molecular complexity index is 419. The molecule has 0 aliphatic rings. The summed E-state index contributed by atoms with van der Waals surface area (Å²) < 4.78 is 0. The first-order chi connectivity index (χ1) is 9.13. The van der Waals surface area contributed by atoms with Gasteiger partial charge in [0.1, 0.15) is 0 Å². The largest absolute Gasteiger partial charge is 0.395 e. The number of nitro benzene ring substituents is 1. The summed E-state index contributed by atoms with van der Waals surface area (Å²) in [4.78, 5) is 10.3. The number of rotatable bonds is 8. The Hall–Kier alpha value is -1.41. The second-order valence-electron chi connectivity index (χ2n) is 3.89. The summed E-state index contributed by atoms with van der Waals surface area (Å²) in [6, 6.07) is 6.21. The van der Waals surface area contributed by atoms with Crippen LogP contribution in [0.2, 0.25) is 0 Å². The first kappa shape index (κ1) is 18.6. The highest BCUT2D eigenvalue weighted by atomic mass is 35.5. The van der Waals surface area contributed by atoms with Crippen molar-refractivity contribution in [3.05, 3.63) is 34.4 Å². The van der Waals surface area contributed by atoms with Crippen molar-refractivity contribution in [3.8, 4) is 0 Å². The SMILES string of the molecule is CCN(CCO)N(CCO)c1cccc([N+](=O)[O-])c1.Cl. The number of benzene rings is 1. The van der Waals surface area contributed by atoms with E-state index in [-0.39, 0.29) is 31.3 Å². The maximum Gasteiger partial charge on any atom is 0.271 e. The monoisotopic (exact) mass is 305 g/mol. The average molecular weight is 306 g/mol. The van der Waals surface area contributed by atoms with Crippen LogP contribution in [-0.2, 0) is 0 Å². The second-order valence-corrected chi connectivity index (χ2v) is 3.89. The van der Waals surface area contributed by atoms with Gasteiger partial charge in [-0.2, -0.15) is 0 Å². The number of hydrazine groups is 1. The van der Waals surface area contributed by atoms with Crippen LogP contribution in [0, 0.1) is 10.1 Å². The van der Waals surface area contributed by atoms with E-state index < -0.39 is 4.92 Å². The van der Waals surface area contributed by atoms with Crippen molar-refractivity contribution in [1.29, 1.82) is 0 Å². The number of halogens is 1. The first-order valence-electron chi connectivity index (χ1n) is 6.12. The molecule has 0 fully saturated rings. The van der Waals surface area contributed by atoms with Crippen molar-refractivity contribution >= 4 is 23.8 Å². The summed E-state index contributed by atoms with van der Waals surface area (Å²) >= 11 is 0. The lowest BCUT2D eigenvalue weighted by molar-refractivity contribution is -0.384. The van der Waals surface area contributed by atoms with Crippen molar-refractivity contribution < 1.29 is 15.1 Å². The summed E-state index contributed by atoms with van der Waals surface area (Å²) in [5.41, 5.74) is 0.624. The van der Waals surface area contributed by atoms with Crippen LogP contribution in [0.4, 0.5) is 11.4 Å². The van der Waals surface area contributed by atoms with Crippen LogP contribution < -0.4 is 5.01 Å². The minimum Gasteiger partial charge on any atom is -0.395 e. The summed E-state index contributed by atoms with van der Waals surface area (Å²) in [7, 11) is 0. The molecule has 20 heavy (non-hydrogen) atoms. The number of likely N-dealkylation sites (N-methyl/N-ethyl adjacent to an activating group) is 1. The number of aliphatic hydroxyl groups excluding tert-OH is 2. The van der Waals surface area contributed by atoms with E-state index in [1.165, 1.54) is 12.1 Å². The topological polar surface area (TPSA) is 90.1 Å². The van der Waals surface area contributed by atoms with Crippen LogP contribution in [0.15, 0.2) is 24.3 Å². The standard InChI is InChI=1S/C12H19N3O4.ClH/c1-2-13(6-8-16)14(7-9-17)11-4-3-5-12(10-11)15(18)19;/h3-5,10,16-17H,2,6-9H2,1H3;1H. The summed E-state index contributed by atoms with van der Waals surface area (Å²) in [5.74, 6) is 0. The van der Waals surface area contributed by atoms with Gasteiger partial charge in [0.15, 0.2) is 0 Å². The van der Waals surface area contributed by atoms with Gasteiger partial charge in [0, 0.05) is 25.2 Å². The Labute approximate surface area is 124 Å². The third-order valence-electron chi connectivity index (χ3n) is 2.71. The zero-order valence-corrected chi connectivity index (χ0v) is 12.1. The molecule has 0 unspecified atom stereocenters. The lowest BCUT2D eigenvalue weighted by Crippen LogP contribution is -2.45. The lowest BCUT2D eigenvalue weighted by Gasteiger charge is -2.35. The van der Waals surface area contributed by atoms with Crippen LogP contribution >= 0.6 is 12.4 Å². The van der Waals surface area contributed by atoms with Crippen LogP contribution in [0.3, 0.4) is 0 Å². The number of hydrogen-bond donors (Lipinski definition) is 2. The van der Waals surface area contributed by atoms with Gasteiger partial charge in [-0.3, -0.25) is 10.1 Å². The number of nitro groups is 1. The quantitative estimate of drug-likeness (QED) is 0.551. The van der Waals surface area contributed by atoms with Crippen LogP contribution in [0.1, 0.15) is 6.92 Å². The van der Waals surface area contributed by atoms with Crippen molar-refractivity contribution in [3.63, 3.8) is 0 Å². The van der Waals surface area contributed by atoms with E-state index in [1.54, 1.807) is 17.1 Å². The van der Waals surface area contributed by atoms with Gasteiger partial charge in [0.2, 0.25) is 0 Å². The van der Waals surface area contributed by atoms with E-state index in [2.05, 4.69) is 0 Å². The molecule has 0 aliphatic heterocycles. The third-order valence-corrected chi connectivity index (χ3v) is 2.71. The van der Waals surface area contributed by atoms with Gasteiger partial charge in [-0.05, 0) is 6.07 Å². The van der Waals surface area contributed by atoms with Gasteiger partial charge >= 0.3 is 0 Å². The number of nitrogens with zero attached hydrogens (tertiary/aromatic N) is 3. The van der Waals surface area contributed by atoms with Gasteiger partial charge in [0.25, 0.3) is 5.69 Å². The van der Waals surface area contributed by atoms with Gasteiger partial charge in [-0.15, -0.1) is 12.4 Å². The lowest BCUT2D eigenvalue weighted by atomic mass is 10.2. The highest BCUT2D eigenvalue weighted by molar-refractivity contribution is 5.85. The van der Waals surface area contributed by atoms with Crippen LogP contribution in [-0.4, -0.2) is 53.0 Å². The molecule has 0 aromatic heterocycles. The van der Waals surface area contributed by atoms with Crippen molar-refractivity contribution in [2.75, 3.05) is 37.9 Å². The fraction of sp³-hybridized carbons (Fsp3) is 0.500. The predicted molar refractivity (Wildman–Crippen MR) is 79.1 cm³/mol. The minimum absolute atomic E-state index is 0. The van der Waals surface area contributed by atoms with E-state index in [9.17, 15) is 10.1 Å². The molecule has 1 rings (SSSR count). The normalized spacial score (nSPS) is 10.2. The summed E-state index contributed by atoms with van der Waals surface area (Å²) in [6.07, 6.45) is 0. The van der Waals surface area contributed by atoms with Crippen molar-refractivity contribution in [1.82, 2.24) is 5.01 Å². The molecule has 0 saturated heterocycles. The molecule has 0 bridgehead atoms. The number of aliphatic hydroxyl groups is 2. The Morgan fingerprint density at radius 1 is 1.25 bits per heavy atom. The van der Waals surface area contributed by atoms with E-state index in [0.717, 1.165) is 0 Å². The maximum absolute atomic E-state index is 10.8. The fourth-order valence-electron chi connectivity index (χ4n) is 1.86. The zero-order valence-electron chi connectivity index (χ0n) is 11.3. The van der Waals surface area contributed by atoms with Gasteiger partial charge in [-0.1, -0.05) is 13.0 Å². The zero-order chi connectivity index (χ0) is 14.3. The Kier molecular flexibility index (Phi) is 8.82. The number of hydrogen-bond acceptors (Lipinski definition) is 6. The molecule has 0 aliphatic carbocycles. The first-order valence-corrected chi connectivity index (χ1v) is 6.12. The molecular weight excluding hydrogens is 286 g/mol. The van der Waals surface area contributed by atoms with E-state index in [0.29, 0.717) is 25.3 Å². The smallest absolute Gasteiger partial charge is 0.271 e. The maximum atomic E-state index is 10.8. The van der Waals surface area contributed by atoms with Crippen molar-refractivity contribution in [2.45, 2.75) is 6.92 Å². The summed E-state index contributed by atoms with van der Waals surface area (Å²) in [6.45, 7) is 3.16. The molecule has 1 aromatic carbocycles. The second kappa shape index (κ2) is 9.49. The molecule has 0 heterocycles. The Morgan fingerprint density at radius 3 is 2.40 bits per heavy atom. The molecule has 7 nitrogen and oxygen atoms in total. The Balaban J connectivity index is 0.00000361. The Morgan fingerprint density at radius 2 is 1.90 bits per heavy atom. The van der Waals surface area contributed by atoms with Gasteiger partial charge in [0.05, 0.1) is 30.4 Å². The molecule has 114 valence electrons. The number of anilines is 1. The fourth-order valence-corrected chi connectivity index (χ4v) is 1.86. The molecule has 1 aromatic rings. The highest BCUT2D eigenvalue weighted by Gasteiger charge is 2.16. The molecule has 0 radical (unpaired) electrons. The summed E-state index contributed by atoms with van der Waals surface area (Å²) in [5, 5.41) is 32.5.